The molecule has 1 aliphatic rings. The first-order valence-electron chi connectivity index (χ1n) is 6.64. The zero-order valence-electron chi connectivity index (χ0n) is 11.7. The van der Waals surface area contributed by atoms with Gasteiger partial charge in [0, 0.05) is 43.6 Å². The molecule has 1 aromatic rings. The summed E-state index contributed by atoms with van der Waals surface area (Å²) in [5.41, 5.74) is 1.34. The third-order valence-electron chi connectivity index (χ3n) is 2.94. The Hall–Kier alpha value is -2.02. The lowest BCUT2D eigenvalue weighted by atomic mass is 10.2. The lowest BCUT2D eigenvalue weighted by molar-refractivity contribution is -0.116. The first-order valence-corrected chi connectivity index (χ1v) is 7.62. The second-order valence-electron chi connectivity index (χ2n) is 4.66. The molecule has 6 nitrogen and oxygen atoms in total. The highest BCUT2D eigenvalue weighted by Gasteiger charge is 2.21. The van der Waals surface area contributed by atoms with E-state index in [0.717, 1.165) is 5.75 Å². The summed E-state index contributed by atoms with van der Waals surface area (Å²) >= 11 is 1.29. The van der Waals surface area contributed by atoms with Crippen molar-refractivity contribution in [2.75, 3.05) is 29.5 Å². The summed E-state index contributed by atoms with van der Waals surface area (Å²) in [6.45, 7) is 2.59. The van der Waals surface area contributed by atoms with E-state index in [2.05, 4.69) is 10.6 Å². The highest BCUT2D eigenvalue weighted by atomic mass is 32.2. The molecule has 7 heteroatoms. The predicted molar refractivity (Wildman–Crippen MR) is 83.4 cm³/mol. The van der Waals surface area contributed by atoms with Crippen LogP contribution in [0, 0.1) is 0 Å². The zero-order valence-corrected chi connectivity index (χ0v) is 12.5. The summed E-state index contributed by atoms with van der Waals surface area (Å²) in [4.78, 5) is 35.8. The molecule has 0 bridgehead atoms. The Morgan fingerprint density at radius 1 is 1.19 bits per heavy atom. The highest BCUT2D eigenvalue weighted by molar-refractivity contribution is 8.13. The molecule has 0 saturated carbocycles. The molecule has 1 saturated heterocycles. The maximum absolute atomic E-state index is 11.8. The Kier molecular flexibility index (Phi) is 5.21. The number of rotatable bonds is 5. The summed E-state index contributed by atoms with van der Waals surface area (Å²) < 4.78 is 0. The fraction of sp³-hybridized carbons (Fsp3) is 0.357. The first kappa shape index (κ1) is 15.4. The van der Waals surface area contributed by atoms with Gasteiger partial charge in [0.1, 0.15) is 0 Å². The molecule has 1 heterocycles. The van der Waals surface area contributed by atoms with Crippen molar-refractivity contribution in [1.29, 1.82) is 0 Å². The van der Waals surface area contributed by atoms with Crippen molar-refractivity contribution in [3.05, 3.63) is 24.3 Å². The van der Waals surface area contributed by atoms with E-state index in [0.29, 0.717) is 24.5 Å². The third-order valence-corrected chi connectivity index (χ3v) is 3.83. The number of anilines is 2. The second-order valence-corrected chi connectivity index (χ2v) is 5.70. The fourth-order valence-electron chi connectivity index (χ4n) is 1.93. The van der Waals surface area contributed by atoms with Crippen molar-refractivity contribution >= 4 is 40.2 Å². The average molecular weight is 307 g/mol. The first-order chi connectivity index (χ1) is 10.0. The molecule has 0 aromatic heterocycles. The van der Waals surface area contributed by atoms with Crippen molar-refractivity contribution in [3.63, 3.8) is 0 Å². The van der Waals surface area contributed by atoms with E-state index in [-0.39, 0.29) is 23.5 Å². The lowest BCUT2D eigenvalue weighted by Gasteiger charge is -2.14. The summed E-state index contributed by atoms with van der Waals surface area (Å²) in [6.07, 6.45) is 0.278. The van der Waals surface area contributed by atoms with Crippen LogP contribution in [0.15, 0.2) is 24.3 Å². The van der Waals surface area contributed by atoms with Crippen LogP contribution in [0.2, 0.25) is 0 Å². The van der Waals surface area contributed by atoms with Crippen LogP contribution >= 0.6 is 11.8 Å². The van der Waals surface area contributed by atoms with Gasteiger partial charge in [0.05, 0.1) is 0 Å². The lowest BCUT2D eigenvalue weighted by Crippen LogP contribution is -2.27. The van der Waals surface area contributed by atoms with Crippen molar-refractivity contribution in [1.82, 2.24) is 4.90 Å². The van der Waals surface area contributed by atoms with E-state index in [1.807, 2.05) is 0 Å². The Balaban J connectivity index is 1.79. The molecule has 1 fully saturated rings. The van der Waals surface area contributed by atoms with Gasteiger partial charge in [0.15, 0.2) is 0 Å². The molecule has 0 aliphatic carbocycles. The van der Waals surface area contributed by atoms with Crippen LogP contribution in [-0.2, 0) is 9.59 Å². The minimum atomic E-state index is -0.139. The number of nitrogens with zero attached hydrogens (tertiary/aromatic N) is 1. The summed E-state index contributed by atoms with van der Waals surface area (Å²) in [7, 11) is 0. The average Bonchev–Trinajstić information content (AvgIpc) is 2.84. The second kappa shape index (κ2) is 7.12. The Bertz CT molecular complexity index is 545. The molecule has 112 valence electrons. The van der Waals surface area contributed by atoms with Crippen molar-refractivity contribution in [3.8, 4) is 0 Å². The van der Waals surface area contributed by atoms with Gasteiger partial charge in [-0.25, -0.2) is 0 Å². The van der Waals surface area contributed by atoms with E-state index in [9.17, 15) is 14.4 Å². The Labute approximate surface area is 127 Å². The normalized spacial score (nSPS) is 14.1. The topological polar surface area (TPSA) is 78.5 Å². The summed E-state index contributed by atoms with van der Waals surface area (Å²) in [5, 5.41) is 5.46. The van der Waals surface area contributed by atoms with Crippen molar-refractivity contribution in [2.45, 2.75) is 13.3 Å². The van der Waals surface area contributed by atoms with Gasteiger partial charge < -0.3 is 15.5 Å². The van der Waals surface area contributed by atoms with Gasteiger partial charge in [-0.3, -0.25) is 14.4 Å². The molecular formula is C14H17N3O3S. The van der Waals surface area contributed by atoms with Crippen LogP contribution in [0.1, 0.15) is 13.3 Å². The van der Waals surface area contributed by atoms with E-state index >= 15 is 0 Å². The number of amides is 3. The summed E-state index contributed by atoms with van der Waals surface area (Å²) in [6, 6.07) is 6.88. The number of carbonyl (C=O) groups excluding carboxylic acids is 3. The molecule has 0 atom stereocenters. The minimum Gasteiger partial charge on any atom is -0.332 e. The third kappa shape index (κ3) is 4.78. The largest absolute Gasteiger partial charge is 0.332 e. The Morgan fingerprint density at radius 2 is 1.81 bits per heavy atom. The van der Waals surface area contributed by atoms with E-state index in [4.69, 9.17) is 0 Å². The smallest absolute Gasteiger partial charge is 0.281 e. The zero-order chi connectivity index (χ0) is 15.2. The molecule has 0 spiro atoms. The number of nitrogens with one attached hydrogen (secondary N) is 2. The number of hydrogen-bond acceptors (Lipinski definition) is 4. The van der Waals surface area contributed by atoms with Crippen molar-refractivity contribution < 1.29 is 14.4 Å². The van der Waals surface area contributed by atoms with Gasteiger partial charge in [-0.2, -0.15) is 0 Å². The number of thioether (sulfide) groups is 1. The molecule has 3 amide bonds. The van der Waals surface area contributed by atoms with Crippen LogP contribution < -0.4 is 10.6 Å². The quantitative estimate of drug-likeness (QED) is 0.873. The van der Waals surface area contributed by atoms with Crippen LogP contribution in [0.4, 0.5) is 16.2 Å². The van der Waals surface area contributed by atoms with Gasteiger partial charge in [-0.1, -0.05) is 11.8 Å². The number of benzene rings is 1. The van der Waals surface area contributed by atoms with Crippen LogP contribution in [-0.4, -0.2) is 40.8 Å². The SMILES string of the molecule is CC(=O)Nc1ccc(NC(=O)CCN2CCSC2=O)cc1. The van der Waals surface area contributed by atoms with Crippen LogP contribution in [0.25, 0.3) is 0 Å². The maximum atomic E-state index is 11.8. The molecule has 0 unspecified atom stereocenters. The van der Waals surface area contributed by atoms with Gasteiger partial charge in [0.25, 0.3) is 5.24 Å². The van der Waals surface area contributed by atoms with E-state index in [1.54, 1.807) is 29.2 Å². The monoisotopic (exact) mass is 307 g/mol. The molecule has 21 heavy (non-hydrogen) atoms. The Morgan fingerprint density at radius 3 is 2.33 bits per heavy atom. The molecule has 1 aliphatic heterocycles. The molecular weight excluding hydrogens is 290 g/mol. The predicted octanol–water partition coefficient (Wildman–Crippen LogP) is 2.14. The van der Waals surface area contributed by atoms with E-state index in [1.165, 1.54) is 18.7 Å². The van der Waals surface area contributed by atoms with E-state index < -0.39 is 0 Å². The highest BCUT2D eigenvalue weighted by Crippen LogP contribution is 2.17. The van der Waals surface area contributed by atoms with Crippen LogP contribution in [0.5, 0.6) is 0 Å². The standard InChI is InChI=1S/C14H17N3O3S/c1-10(18)15-11-2-4-12(5-3-11)16-13(19)6-7-17-8-9-21-14(17)20/h2-5H,6-9H2,1H3,(H,15,18)(H,16,19). The maximum Gasteiger partial charge on any atom is 0.281 e. The van der Waals surface area contributed by atoms with Gasteiger partial charge >= 0.3 is 0 Å². The summed E-state index contributed by atoms with van der Waals surface area (Å²) in [5.74, 6) is 0.525. The fourth-order valence-corrected chi connectivity index (χ4v) is 2.78. The number of hydrogen-bond donors (Lipinski definition) is 2. The number of carbonyl (C=O) groups is 3. The minimum absolute atomic E-state index is 0.0439. The van der Waals surface area contributed by atoms with Crippen molar-refractivity contribution in [2.24, 2.45) is 0 Å². The molecule has 1 aromatic carbocycles. The molecule has 2 N–H and O–H groups in total. The van der Waals surface area contributed by atoms with Crippen LogP contribution in [0.3, 0.4) is 0 Å². The van der Waals surface area contributed by atoms with Gasteiger partial charge in [-0.15, -0.1) is 0 Å². The molecule has 2 rings (SSSR count). The molecule has 0 radical (unpaired) electrons. The van der Waals surface area contributed by atoms with Gasteiger partial charge in [-0.05, 0) is 24.3 Å². The van der Waals surface area contributed by atoms with Gasteiger partial charge in [0.2, 0.25) is 11.8 Å².